The lowest BCUT2D eigenvalue weighted by molar-refractivity contribution is -0.124. The quantitative estimate of drug-likeness (QED) is 0.748. The summed E-state index contributed by atoms with van der Waals surface area (Å²) in [6.45, 7) is 3.72. The highest BCUT2D eigenvalue weighted by Crippen LogP contribution is 2.35. The molecule has 0 bridgehead atoms. The molecule has 3 nitrogen and oxygen atoms in total. The van der Waals surface area contributed by atoms with Crippen LogP contribution < -0.4 is 5.32 Å². The second-order valence-electron chi connectivity index (χ2n) is 6.23. The summed E-state index contributed by atoms with van der Waals surface area (Å²) >= 11 is 0. The summed E-state index contributed by atoms with van der Waals surface area (Å²) in [6, 6.07) is 20.8. The molecule has 3 heteroatoms. The van der Waals surface area contributed by atoms with Gasteiger partial charge in [-0.1, -0.05) is 74.5 Å². The molecule has 0 spiro atoms. The summed E-state index contributed by atoms with van der Waals surface area (Å²) in [5.74, 6) is 0.0103. The fourth-order valence-corrected chi connectivity index (χ4v) is 2.86. The van der Waals surface area contributed by atoms with Gasteiger partial charge in [-0.05, 0) is 22.4 Å². The van der Waals surface area contributed by atoms with E-state index in [9.17, 15) is 9.90 Å². The van der Waals surface area contributed by atoms with Gasteiger partial charge in [-0.2, -0.15) is 0 Å². The van der Waals surface area contributed by atoms with E-state index in [1.807, 2.05) is 74.5 Å². The second-order valence-corrected chi connectivity index (χ2v) is 6.23. The lowest BCUT2D eigenvalue weighted by atomic mass is 9.92. The number of hydrogen-bond donors (Lipinski definition) is 2. The summed E-state index contributed by atoms with van der Waals surface area (Å²) in [5, 5.41) is 15.6. The molecule has 0 aromatic heterocycles. The number of aromatic hydroxyl groups is 1. The topological polar surface area (TPSA) is 49.3 Å². The third-order valence-corrected chi connectivity index (χ3v) is 4.18. The third kappa shape index (κ3) is 3.11. The smallest absolute Gasteiger partial charge is 0.223 e. The highest BCUT2D eigenvalue weighted by molar-refractivity contribution is 5.89. The van der Waals surface area contributed by atoms with Crippen molar-refractivity contribution >= 4 is 16.7 Å². The molecular formula is C21H21NO2. The molecule has 0 unspecified atom stereocenters. The average molecular weight is 319 g/mol. The maximum absolute atomic E-state index is 12.4. The fourth-order valence-electron chi connectivity index (χ4n) is 2.86. The first kappa shape index (κ1) is 16.1. The highest BCUT2D eigenvalue weighted by atomic mass is 16.3. The molecule has 1 atom stereocenters. The molecule has 24 heavy (non-hydrogen) atoms. The Hall–Kier alpha value is -2.81. The Balaban J connectivity index is 2.19. The summed E-state index contributed by atoms with van der Waals surface area (Å²) in [5.41, 5.74) is 1.67. The van der Waals surface area contributed by atoms with Gasteiger partial charge < -0.3 is 10.4 Å². The van der Waals surface area contributed by atoms with Crippen molar-refractivity contribution in [3.63, 3.8) is 0 Å². The standard InChI is InChI=1S/C21H21NO2/c1-14(2)21(24)22-20(16-9-4-3-5-10-16)19-17-11-7-6-8-15(17)12-13-18(19)23/h3-14,20,23H,1-2H3,(H,22,24)/t20-/m0/s1. The summed E-state index contributed by atoms with van der Waals surface area (Å²) < 4.78 is 0. The van der Waals surface area contributed by atoms with Gasteiger partial charge in [0.2, 0.25) is 5.91 Å². The molecule has 3 aromatic rings. The molecule has 1 amide bonds. The minimum Gasteiger partial charge on any atom is -0.508 e. The second kappa shape index (κ2) is 6.75. The van der Waals surface area contributed by atoms with Crippen LogP contribution in [0.3, 0.4) is 0 Å². The zero-order valence-corrected chi connectivity index (χ0v) is 13.9. The predicted octanol–water partition coefficient (Wildman–Crippen LogP) is 4.41. The van der Waals surface area contributed by atoms with Gasteiger partial charge in [0.15, 0.2) is 0 Å². The van der Waals surface area contributed by atoms with Crippen molar-refractivity contribution in [2.24, 2.45) is 5.92 Å². The zero-order chi connectivity index (χ0) is 17.1. The number of fused-ring (bicyclic) bond motifs is 1. The number of phenolic OH excluding ortho intramolecular Hbond substituents is 1. The van der Waals surface area contributed by atoms with E-state index in [1.54, 1.807) is 6.07 Å². The molecule has 0 aliphatic carbocycles. The van der Waals surface area contributed by atoms with Crippen LogP contribution in [0, 0.1) is 5.92 Å². The Bertz CT molecular complexity index is 856. The highest BCUT2D eigenvalue weighted by Gasteiger charge is 2.23. The van der Waals surface area contributed by atoms with E-state index in [1.165, 1.54) is 0 Å². The van der Waals surface area contributed by atoms with Gasteiger partial charge in [-0.25, -0.2) is 0 Å². The first-order valence-corrected chi connectivity index (χ1v) is 8.14. The normalized spacial score (nSPS) is 12.3. The van der Waals surface area contributed by atoms with Gasteiger partial charge >= 0.3 is 0 Å². The molecular weight excluding hydrogens is 298 g/mol. The van der Waals surface area contributed by atoms with Crippen LogP contribution >= 0.6 is 0 Å². The van der Waals surface area contributed by atoms with Gasteiger partial charge in [0.05, 0.1) is 6.04 Å². The van der Waals surface area contributed by atoms with Crippen molar-refractivity contribution in [1.29, 1.82) is 0 Å². The van der Waals surface area contributed by atoms with Crippen molar-refractivity contribution in [3.8, 4) is 5.75 Å². The summed E-state index contributed by atoms with van der Waals surface area (Å²) in [4.78, 5) is 12.4. The number of carbonyl (C=O) groups excluding carboxylic acids is 1. The lowest BCUT2D eigenvalue weighted by Crippen LogP contribution is -2.32. The zero-order valence-electron chi connectivity index (χ0n) is 13.9. The Morgan fingerprint density at radius 3 is 2.29 bits per heavy atom. The minimum atomic E-state index is -0.396. The molecule has 0 saturated carbocycles. The maximum atomic E-state index is 12.4. The van der Waals surface area contributed by atoms with E-state index >= 15 is 0 Å². The van der Waals surface area contributed by atoms with Gasteiger partial charge in [0, 0.05) is 11.5 Å². The van der Waals surface area contributed by atoms with Gasteiger partial charge in [-0.15, -0.1) is 0 Å². The minimum absolute atomic E-state index is 0.0452. The number of carbonyl (C=O) groups is 1. The van der Waals surface area contributed by atoms with Gasteiger partial charge in [0.25, 0.3) is 0 Å². The predicted molar refractivity (Wildman–Crippen MR) is 96.9 cm³/mol. The molecule has 3 rings (SSSR count). The number of benzene rings is 3. The molecule has 3 aromatic carbocycles. The largest absolute Gasteiger partial charge is 0.508 e. The van der Waals surface area contributed by atoms with E-state index < -0.39 is 6.04 Å². The molecule has 122 valence electrons. The maximum Gasteiger partial charge on any atom is 0.223 e. The monoisotopic (exact) mass is 319 g/mol. The van der Waals surface area contributed by atoms with Crippen molar-refractivity contribution in [3.05, 3.63) is 77.9 Å². The van der Waals surface area contributed by atoms with E-state index in [4.69, 9.17) is 0 Å². The van der Waals surface area contributed by atoms with Crippen LogP contribution in [0.1, 0.15) is 31.0 Å². The van der Waals surface area contributed by atoms with Crippen molar-refractivity contribution < 1.29 is 9.90 Å². The lowest BCUT2D eigenvalue weighted by Gasteiger charge is -2.23. The van der Waals surface area contributed by atoms with E-state index in [0.29, 0.717) is 0 Å². The number of rotatable bonds is 4. The molecule has 0 aliphatic heterocycles. The van der Waals surface area contributed by atoms with E-state index in [2.05, 4.69) is 5.32 Å². The Labute approximate surface area is 142 Å². The van der Waals surface area contributed by atoms with Crippen molar-refractivity contribution in [1.82, 2.24) is 5.32 Å². The summed E-state index contributed by atoms with van der Waals surface area (Å²) in [7, 11) is 0. The Morgan fingerprint density at radius 1 is 0.917 bits per heavy atom. The SMILES string of the molecule is CC(C)C(=O)N[C@@H](c1ccccc1)c1c(O)ccc2ccccc12. The molecule has 0 fully saturated rings. The van der Waals surface area contributed by atoms with Crippen LogP contribution in [0.5, 0.6) is 5.75 Å². The average Bonchev–Trinajstić information content (AvgIpc) is 2.60. The molecule has 0 saturated heterocycles. The third-order valence-electron chi connectivity index (χ3n) is 4.18. The van der Waals surface area contributed by atoms with Crippen LogP contribution in [0.15, 0.2) is 66.7 Å². The summed E-state index contributed by atoms with van der Waals surface area (Å²) in [6.07, 6.45) is 0. The van der Waals surface area contributed by atoms with Crippen LogP contribution in [0.2, 0.25) is 0 Å². The van der Waals surface area contributed by atoms with Crippen LogP contribution in [-0.4, -0.2) is 11.0 Å². The molecule has 0 radical (unpaired) electrons. The van der Waals surface area contributed by atoms with Crippen molar-refractivity contribution in [2.75, 3.05) is 0 Å². The molecule has 0 aliphatic rings. The van der Waals surface area contributed by atoms with Crippen molar-refractivity contribution in [2.45, 2.75) is 19.9 Å². The van der Waals surface area contributed by atoms with E-state index in [-0.39, 0.29) is 17.6 Å². The van der Waals surface area contributed by atoms with Gasteiger partial charge in [0.1, 0.15) is 5.75 Å². The molecule has 0 heterocycles. The number of nitrogens with one attached hydrogen (secondary N) is 1. The van der Waals surface area contributed by atoms with Crippen LogP contribution in [-0.2, 0) is 4.79 Å². The fraction of sp³-hybridized carbons (Fsp3) is 0.190. The van der Waals surface area contributed by atoms with E-state index in [0.717, 1.165) is 21.9 Å². The Kier molecular flexibility index (Phi) is 4.52. The Morgan fingerprint density at radius 2 is 1.58 bits per heavy atom. The first-order valence-electron chi connectivity index (χ1n) is 8.14. The number of hydrogen-bond acceptors (Lipinski definition) is 2. The molecule has 2 N–H and O–H groups in total. The van der Waals surface area contributed by atoms with Gasteiger partial charge in [-0.3, -0.25) is 4.79 Å². The number of phenols is 1. The first-order chi connectivity index (χ1) is 11.6. The van der Waals surface area contributed by atoms with Crippen LogP contribution in [0.25, 0.3) is 10.8 Å². The van der Waals surface area contributed by atoms with Crippen LogP contribution in [0.4, 0.5) is 0 Å². The number of amides is 1.